The van der Waals surface area contributed by atoms with Gasteiger partial charge in [-0.25, -0.2) is 17.6 Å². The number of carbonyl (C=O) groups is 1. The van der Waals surface area contributed by atoms with Crippen molar-refractivity contribution in [2.45, 2.75) is 62.5 Å². The van der Waals surface area contributed by atoms with Crippen LogP contribution in [0.1, 0.15) is 55.0 Å². The first-order valence-corrected chi connectivity index (χ1v) is 14.3. The maximum atomic E-state index is 15.5. The molecule has 11 heteroatoms. The maximum absolute atomic E-state index is 15.5. The fourth-order valence-corrected chi connectivity index (χ4v) is 7.83. The molecule has 202 valence electrons. The predicted molar refractivity (Wildman–Crippen MR) is 140 cm³/mol. The molecule has 0 amide bonds. The molecular weight excluding hydrogens is 509 g/mol. The lowest BCUT2D eigenvalue weighted by Gasteiger charge is -2.40. The Kier molecular flexibility index (Phi) is 7.49. The van der Waals surface area contributed by atoms with E-state index in [1.807, 2.05) is 46.7 Å². The molecule has 1 aromatic heterocycles. The van der Waals surface area contributed by atoms with Crippen molar-refractivity contribution < 1.29 is 22.3 Å². The van der Waals surface area contributed by atoms with E-state index in [1.165, 1.54) is 17.5 Å². The van der Waals surface area contributed by atoms with Gasteiger partial charge in [-0.1, -0.05) is 36.4 Å². The number of esters is 1. The van der Waals surface area contributed by atoms with Gasteiger partial charge in [0.1, 0.15) is 29.8 Å². The molecule has 0 N–H and O–H groups in total. The average molecular weight is 542 g/mol. The van der Waals surface area contributed by atoms with Crippen LogP contribution in [-0.4, -0.2) is 59.2 Å². The molecule has 2 fully saturated rings. The first kappa shape index (κ1) is 26.3. The van der Waals surface area contributed by atoms with E-state index in [1.54, 1.807) is 24.8 Å². The number of carbonyl (C=O) groups excluding carboxylic acids is 1. The number of methoxy groups -OCH3 is 1. The highest BCUT2D eigenvalue weighted by Crippen LogP contribution is 2.39. The van der Waals surface area contributed by atoms with Gasteiger partial charge >= 0.3 is 5.97 Å². The summed E-state index contributed by atoms with van der Waals surface area (Å²) in [5.41, 5.74) is 1.61. The van der Waals surface area contributed by atoms with E-state index in [2.05, 4.69) is 10.2 Å². The minimum absolute atomic E-state index is 0.0258. The van der Waals surface area contributed by atoms with Gasteiger partial charge in [-0.15, -0.1) is 10.2 Å². The molecule has 0 aliphatic carbocycles. The Morgan fingerprint density at radius 2 is 1.82 bits per heavy atom. The summed E-state index contributed by atoms with van der Waals surface area (Å²) in [4.78, 5) is 14.5. The van der Waals surface area contributed by atoms with Crippen LogP contribution in [0.4, 0.5) is 10.1 Å². The van der Waals surface area contributed by atoms with Crippen LogP contribution in [0.5, 0.6) is 0 Å². The third-order valence-corrected chi connectivity index (χ3v) is 10.2. The Labute approximate surface area is 222 Å². The molecule has 0 saturated carbocycles. The summed E-state index contributed by atoms with van der Waals surface area (Å²) in [7, 11) is -2.34. The van der Waals surface area contributed by atoms with E-state index in [0.717, 1.165) is 12.0 Å². The van der Waals surface area contributed by atoms with Crippen LogP contribution >= 0.6 is 0 Å². The number of aromatic nitrogens is 3. The van der Waals surface area contributed by atoms with Crippen molar-refractivity contribution in [3.63, 3.8) is 0 Å². The first-order chi connectivity index (χ1) is 18.3. The van der Waals surface area contributed by atoms with Crippen LogP contribution in [0.25, 0.3) is 0 Å². The molecule has 4 atom stereocenters. The number of hydrogen-bond donors (Lipinski definition) is 0. The van der Waals surface area contributed by atoms with E-state index in [0.29, 0.717) is 37.1 Å². The molecule has 0 bridgehead atoms. The highest BCUT2D eigenvalue weighted by atomic mass is 32.2. The van der Waals surface area contributed by atoms with E-state index in [-0.39, 0.29) is 18.6 Å². The SMILES string of the molecule is COC(=O)C1C[C@@H](n2cnnc2)CCN1c1ccc(CN2[C@@H](C)CC[C@H](c3ccccc3)S2(=O)=O)c(F)c1. The predicted octanol–water partition coefficient (Wildman–Crippen LogP) is 3.86. The number of anilines is 1. The zero-order valence-corrected chi connectivity index (χ0v) is 22.3. The molecule has 2 aromatic carbocycles. The Hall–Kier alpha value is -3.31. The molecule has 2 aliphatic heterocycles. The van der Waals surface area contributed by atoms with Crippen molar-refractivity contribution >= 4 is 21.7 Å². The molecule has 3 heterocycles. The summed E-state index contributed by atoms with van der Waals surface area (Å²) in [6.45, 7) is 2.33. The van der Waals surface area contributed by atoms with Gasteiger partial charge in [-0.05, 0) is 50.3 Å². The summed E-state index contributed by atoms with van der Waals surface area (Å²) in [5.74, 6) is -0.899. The normalized spacial score (nSPS) is 25.7. The van der Waals surface area contributed by atoms with Gasteiger partial charge in [0.2, 0.25) is 10.0 Å². The van der Waals surface area contributed by atoms with Gasteiger partial charge in [0.15, 0.2) is 0 Å². The largest absolute Gasteiger partial charge is 0.467 e. The molecule has 5 rings (SSSR count). The molecule has 0 spiro atoms. The number of halogens is 1. The Morgan fingerprint density at radius 1 is 1.08 bits per heavy atom. The van der Waals surface area contributed by atoms with Crippen LogP contribution in [0, 0.1) is 5.82 Å². The number of rotatable bonds is 6. The van der Waals surface area contributed by atoms with Crippen molar-refractivity contribution in [1.29, 1.82) is 0 Å². The van der Waals surface area contributed by atoms with Gasteiger partial charge in [0.05, 0.1) is 7.11 Å². The van der Waals surface area contributed by atoms with Gasteiger partial charge in [0.25, 0.3) is 0 Å². The third-order valence-electron chi connectivity index (χ3n) is 7.80. The summed E-state index contributed by atoms with van der Waals surface area (Å²) >= 11 is 0. The van der Waals surface area contributed by atoms with Gasteiger partial charge in [-0.2, -0.15) is 4.31 Å². The monoisotopic (exact) mass is 541 g/mol. The quantitative estimate of drug-likeness (QED) is 0.437. The summed E-state index contributed by atoms with van der Waals surface area (Å²) in [6, 6.07) is 13.1. The molecule has 38 heavy (non-hydrogen) atoms. The maximum Gasteiger partial charge on any atom is 0.328 e. The molecule has 2 saturated heterocycles. The lowest BCUT2D eigenvalue weighted by atomic mass is 9.96. The number of nitrogens with zero attached hydrogens (tertiary/aromatic N) is 5. The molecule has 9 nitrogen and oxygen atoms in total. The number of sulfonamides is 1. The van der Waals surface area contributed by atoms with Crippen molar-refractivity contribution in [3.05, 3.63) is 78.1 Å². The zero-order chi connectivity index (χ0) is 26.9. The van der Waals surface area contributed by atoms with Crippen molar-refractivity contribution in [2.24, 2.45) is 0 Å². The van der Waals surface area contributed by atoms with E-state index < -0.39 is 33.1 Å². The second-order valence-corrected chi connectivity index (χ2v) is 12.1. The van der Waals surface area contributed by atoms with Gasteiger partial charge in [0, 0.05) is 36.4 Å². The van der Waals surface area contributed by atoms with Crippen molar-refractivity contribution in [1.82, 2.24) is 19.1 Å². The Balaban J connectivity index is 1.37. The summed E-state index contributed by atoms with van der Waals surface area (Å²) in [5, 5.41) is 7.07. The summed E-state index contributed by atoms with van der Waals surface area (Å²) < 4.78 is 51.0. The highest BCUT2D eigenvalue weighted by molar-refractivity contribution is 7.89. The average Bonchev–Trinajstić information content (AvgIpc) is 3.46. The van der Waals surface area contributed by atoms with Crippen LogP contribution in [-0.2, 0) is 26.1 Å². The van der Waals surface area contributed by atoms with Crippen LogP contribution in [0.15, 0.2) is 61.2 Å². The Bertz CT molecular complexity index is 1370. The fourth-order valence-electron chi connectivity index (χ4n) is 5.65. The molecule has 2 aliphatic rings. The van der Waals surface area contributed by atoms with Crippen molar-refractivity contribution in [2.75, 3.05) is 18.6 Å². The van der Waals surface area contributed by atoms with Crippen LogP contribution in [0.3, 0.4) is 0 Å². The van der Waals surface area contributed by atoms with Crippen LogP contribution < -0.4 is 4.90 Å². The second kappa shape index (κ2) is 10.8. The standard InChI is InChI=1S/C27H32FN5O4S/c1-19-8-11-26(20-6-4-3-5-7-20)38(35,36)33(19)16-21-9-10-23(14-24(21)28)32-13-12-22(31-17-29-30-18-31)15-25(32)27(34)37-2/h3-7,9-10,14,17-19,22,25-26H,8,11-13,15-16H2,1-2H3/t19-,22-,25?,26+/m0/s1. The molecule has 0 radical (unpaired) electrons. The fraction of sp³-hybridized carbons (Fsp3) is 0.444. The van der Waals surface area contributed by atoms with E-state index in [4.69, 9.17) is 4.74 Å². The van der Waals surface area contributed by atoms with E-state index in [9.17, 15) is 13.2 Å². The highest BCUT2D eigenvalue weighted by Gasteiger charge is 2.41. The number of hydrogen-bond acceptors (Lipinski definition) is 7. The zero-order valence-electron chi connectivity index (χ0n) is 21.5. The molecular formula is C27H32FN5O4S. The molecule has 1 unspecified atom stereocenters. The number of piperidine rings is 1. The lowest BCUT2D eigenvalue weighted by Crippen LogP contribution is -2.48. The number of ether oxygens (including phenoxy) is 1. The first-order valence-electron chi connectivity index (χ1n) is 12.8. The van der Waals surface area contributed by atoms with Gasteiger partial charge in [-0.3, -0.25) is 0 Å². The minimum atomic E-state index is -3.68. The lowest BCUT2D eigenvalue weighted by molar-refractivity contribution is -0.143. The second-order valence-electron chi connectivity index (χ2n) is 10.0. The van der Waals surface area contributed by atoms with E-state index >= 15 is 4.39 Å². The van der Waals surface area contributed by atoms with Crippen LogP contribution in [0.2, 0.25) is 0 Å². The minimum Gasteiger partial charge on any atom is -0.467 e. The number of benzene rings is 2. The topological polar surface area (TPSA) is 97.6 Å². The third kappa shape index (κ3) is 5.04. The van der Waals surface area contributed by atoms with Gasteiger partial charge < -0.3 is 14.2 Å². The smallest absolute Gasteiger partial charge is 0.328 e. The Morgan fingerprint density at radius 3 is 2.50 bits per heavy atom. The van der Waals surface area contributed by atoms with Crippen molar-refractivity contribution in [3.8, 4) is 0 Å². The molecule has 3 aromatic rings. The summed E-state index contributed by atoms with van der Waals surface area (Å²) in [6.07, 6.45) is 5.67.